The second-order valence-corrected chi connectivity index (χ2v) is 6.20. The molecule has 0 atom stereocenters. The summed E-state index contributed by atoms with van der Waals surface area (Å²) in [6.45, 7) is 0. The first-order valence-corrected chi connectivity index (χ1v) is 7.93. The molecule has 1 amide bonds. The van der Waals surface area contributed by atoms with Gasteiger partial charge in [0.15, 0.2) is 0 Å². The van der Waals surface area contributed by atoms with Gasteiger partial charge in [0.2, 0.25) is 0 Å². The summed E-state index contributed by atoms with van der Waals surface area (Å²) < 4.78 is 0.973. The zero-order valence-electron chi connectivity index (χ0n) is 12.0. The van der Waals surface area contributed by atoms with Gasteiger partial charge in [0.1, 0.15) is 5.69 Å². The zero-order valence-corrected chi connectivity index (χ0v) is 13.6. The minimum Gasteiger partial charge on any atom is -0.350 e. The van der Waals surface area contributed by atoms with Gasteiger partial charge in [0.05, 0.1) is 5.52 Å². The number of benzene rings is 2. The summed E-state index contributed by atoms with van der Waals surface area (Å²) in [6, 6.07) is 17.2. The van der Waals surface area contributed by atoms with Crippen molar-refractivity contribution in [2.75, 3.05) is 5.32 Å². The Morgan fingerprint density at radius 3 is 2.87 bits per heavy atom. The number of anilines is 1. The van der Waals surface area contributed by atoms with Crippen LogP contribution >= 0.6 is 15.9 Å². The van der Waals surface area contributed by atoms with Crippen LogP contribution in [0.15, 0.2) is 65.3 Å². The molecule has 2 aromatic carbocycles. The van der Waals surface area contributed by atoms with Gasteiger partial charge in [-0.15, -0.1) is 0 Å². The van der Waals surface area contributed by atoms with E-state index in [4.69, 9.17) is 0 Å². The van der Waals surface area contributed by atoms with Gasteiger partial charge in [-0.3, -0.25) is 9.78 Å². The molecule has 4 aromatic rings. The highest BCUT2D eigenvalue weighted by molar-refractivity contribution is 9.10. The Bertz CT molecular complexity index is 1040. The van der Waals surface area contributed by atoms with Crippen molar-refractivity contribution >= 4 is 49.3 Å². The number of amides is 1. The monoisotopic (exact) mass is 365 g/mol. The zero-order chi connectivity index (χ0) is 15.8. The number of halogens is 1. The van der Waals surface area contributed by atoms with Gasteiger partial charge < -0.3 is 10.3 Å². The summed E-state index contributed by atoms with van der Waals surface area (Å²) in [5.74, 6) is -0.166. The number of carbonyl (C=O) groups excluding carboxylic acids is 1. The molecular weight excluding hydrogens is 354 g/mol. The largest absolute Gasteiger partial charge is 0.350 e. The van der Waals surface area contributed by atoms with E-state index in [2.05, 4.69) is 31.2 Å². The van der Waals surface area contributed by atoms with Crippen molar-refractivity contribution in [1.82, 2.24) is 9.97 Å². The van der Waals surface area contributed by atoms with E-state index in [1.165, 1.54) is 0 Å². The van der Waals surface area contributed by atoms with Crippen molar-refractivity contribution in [2.24, 2.45) is 0 Å². The molecule has 0 aliphatic carbocycles. The van der Waals surface area contributed by atoms with Crippen LogP contribution < -0.4 is 5.32 Å². The molecule has 0 radical (unpaired) electrons. The fourth-order valence-corrected chi connectivity index (χ4v) is 2.93. The van der Waals surface area contributed by atoms with Crippen LogP contribution in [0.2, 0.25) is 0 Å². The van der Waals surface area contributed by atoms with Gasteiger partial charge in [-0.05, 0) is 42.5 Å². The van der Waals surface area contributed by atoms with E-state index in [1.54, 1.807) is 6.20 Å². The standard InChI is InChI=1S/C18H12BrN3O/c19-13-4-3-12-9-17(22-16(12)10-13)18(23)21-14-5-6-15-11(8-14)2-1-7-20-15/h1-10,22H,(H,21,23). The van der Waals surface area contributed by atoms with E-state index < -0.39 is 0 Å². The molecule has 0 aliphatic rings. The molecule has 0 aliphatic heterocycles. The average molecular weight is 366 g/mol. The molecule has 0 fully saturated rings. The fourth-order valence-electron chi connectivity index (χ4n) is 2.57. The first kappa shape index (κ1) is 14.0. The number of hydrogen-bond donors (Lipinski definition) is 2. The van der Waals surface area contributed by atoms with Crippen LogP contribution in [-0.2, 0) is 0 Å². The highest BCUT2D eigenvalue weighted by atomic mass is 79.9. The van der Waals surface area contributed by atoms with Crippen LogP contribution in [0.1, 0.15) is 10.5 Å². The maximum Gasteiger partial charge on any atom is 0.272 e. The number of fused-ring (bicyclic) bond motifs is 2. The first-order chi connectivity index (χ1) is 11.2. The number of rotatable bonds is 2. The number of nitrogens with one attached hydrogen (secondary N) is 2. The summed E-state index contributed by atoms with van der Waals surface area (Å²) in [7, 11) is 0. The summed E-state index contributed by atoms with van der Waals surface area (Å²) >= 11 is 3.43. The van der Waals surface area contributed by atoms with Crippen LogP contribution in [0.5, 0.6) is 0 Å². The topological polar surface area (TPSA) is 57.8 Å². The number of hydrogen-bond acceptors (Lipinski definition) is 2. The number of carbonyl (C=O) groups is 1. The van der Waals surface area contributed by atoms with Crippen LogP contribution in [-0.4, -0.2) is 15.9 Å². The molecule has 2 aromatic heterocycles. The molecule has 0 unspecified atom stereocenters. The lowest BCUT2D eigenvalue weighted by atomic mass is 10.2. The average Bonchev–Trinajstić information content (AvgIpc) is 2.98. The van der Waals surface area contributed by atoms with Crippen molar-refractivity contribution in [3.8, 4) is 0 Å². The smallest absolute Gasteiger partial charge is 0.272 e. The van der Waals surface area contributed by atoms with E-state index >= 15 is 0 Å². The lowest BCUT2D eigenvalue weighted by Crippen LogP contribution is -2.12. The lowest BCUT2D eigenvalue weighted by Gasteiger charge is -2.05. The second-order valence-electron chi connectivity index (χ2n) is 5.28. The minimum atomic E-state index is -0.166. The van der Waals surface area contributed by atoms with Crippen molar-refractivity contribution in [3.63, 3.8) is 0 Å². The maximum absolute atomic E-state index is 12.4. The molecule has 112 valence electrons. The second kappa shape index (κ2) is 5.52. The third kappa shape index (κ3) is 2.71. The normalized spacial score (nSPS) is 11.0. The van der Waals surface area contributed by atoms with E-state index in [0.29, 0.717) is 5.69 Å². The summed E-state index contributed by atoms with van der Waals surface area (Å²) in [5, 5.41) is 4.91. The predicted molar refractivity (Wildman–Crippen MR) is 95.7 cm³/mol. The third-order valence-corrected chi connectivity index (χ3v) is 4.18. The van der Waals surface area contributed by atoms with Gasteiger partial charge in [-0.25, -0.2) is 0 Å². The van der Waals surface area contributed by atoms with Crippen molar-refractivity contribution in [1.29, 1.82) is 0 Å². The molecular formula is C18H12BrN3O. The molecule has 2 N–H and O–H groups in total. The van der Waals surface area contributed by atoms with Gasteiger partial charge in [-0.2, -0.15) is 0 Å². The van der Waals surface area contributed by atoms with Gasteiger partial charge in [0, 0.05) is 32.6 Å². The Morgan fingerprint density at radius 2 is 1.96 bits per heavy atom. The molecule has 2 heterocycles. The number of H-pyrrole nitrogens is 1. The highest BCUT2D eigenvalue weighted by Crippen LogP contribution is 2.22. The molecule has 0 spiro atoms. The van der Waals surface area contributed by atoms with E-state index in [9.17, 15) is 4.79 Å². The molecule has 5 heteroatoms. The number of aromatic nitrogens is 2. The molecule has 23 heavy (non-hydrogen) atoms. The van der Waals surface area contributed by atoms with Crippen LogP contribution in [0, 0.1) is 0 Å². The van der Waals surface area contributed by atoms with Gasteiger partial charge in [0.25, 0.3) is 5.91 Å². The van der Waals surface area contributed by atoms with E-state index in [1.807, 2.05) is 54.6 Å². The predicted octanol–water partition coefficient (Wildman–Crippen LogP) is 4.73. The lowest BCUT2D eigenvalue weighted by molar-refractivity contribution is 0.102. The summed E-state index contributed by atoms with van der Waals surface area (Å²) in [5.41, 5.74) is 3.10. The Balaban J connectivity index is 1.64. The van der Waals surface area contributed by atoms with Crippen LogP contribution in [0.25, 0.3) is 21.8 Å². The quantitative estimate of drug-likeness (QED) is 0.539. The molecule has 0 saturated heterocycles. The molecule has 0 saturated carbocycles. The number of aromatic amines is 1. The van der Waals surface area contributed by atoms with E-state index in [0.717, 1.165) is 32.0 Å². The Kier molecular flexibility index (Phi) is 3.35. The number of nitrogens with zero attached hydrogens (tertiary/aromatic N) is 1. The molecule has 4 nitrogen and oxygen atoms in total. The highest BCUT2D eigenvalue weighted by Gasteiger charge is 2.10. The van der Waals surface area contributed by atoms with E-state index in [-0.39, 0.29) is 5.91 Å². The fraction of sp³-hybridized carbons (Fsp3) is 0. The maximum atomic E-state index is 12.4. The van der Waals surface area contributed by atoms with Crippen molar-refractivity contribution in [3.05, 3.63) is 71.0 Å². The SMILES string of the molecule is O=C(Nc1ccc2ncccc2c1)c1cc2ccc(Br)cc2[nH]1. The molecule has 4 rings (SSSR count). The van der Waals surface area contributed by atoms with Crippen molar-refractivity contribution in [2.45, 2.75) is 0 Å². The first-order valence-electron chi connectivity index (χ1n) is 7.13. The van der Waals surface area contributed by atoms with Gasteiger partial charge in [-0.1, -0.05) is 28.1 Å². The van der Waals surface area contributed by atoms with Crippen molar-refractivity contribution < 1.29 is 4.79 Å². The minimum absolute atomic E-state index is 0.166. The Morgan fingerprint density at radius 1 is 1.04 bits per heavy atom. The van der Waals surface area contributed by atoms with Crippen LogP contribution in [0.4, 0.5) is 5.69 Å². The number of pyridine rings is 1. The third-order valence-electron chi connectivity index (χ3n) is 3.69. The Labute approximate surface area is 140 Å². The van der Waals surface area contributed by atoms with Crippen LogP contribution in [0.3, 0.4) is 0 Å². The summed E-state index contributed by atoms with van der Waals surface area (Å²) in [6.07, 6.45) is 1.75. The van der Waals surface area contributed by atoms with Gasteiger partial charge >= 0.3 is 0 Å². The molecule has 0 bridgehead atoms. The Hall–Kier alpha value is -2.66. The summed E-state index contributed by atoms with van der Waals surface area (Å²) in [4.78, 5) is 19.8.